The molecule has 2 unspecified atom stereocenters. The number of hydrogen-bond donors (Lipinski definition) is 1. The molecule has 0 amide bonds. The number of methoxy groups -OCH3 is 1. The molecule has 1 fully saturated rings. The van der Waals surface area contributed by atoms with Crippen molar-refractivity contribution >= 4 is 11.8 Å². The Hall–Kier alpha value is -0.710. The topological polar surface area (TPSA) is 44.5 Å². The second kappa shape index (κ2) is 5.76. The molecule has 2 N–H and O–H groups in total. The van der Waals surface area contributed by atoms with E-state index in [9.17, 15) is 0 Å². The molecule has 0 spiro atoms. The molecule has 1 aromatic rings. The molecule has 2 atom stereocenters. The predicted molar refractivity (Wildman–Crippen MR) is 71.6 cm³/mol. The van der Waals surface area contributed by atoms with Crippen LogP contribution in [0, 0.1) is 0 Å². The van der Waals surface area contributed by atoms with E-state index in [0.717, 1.165) is 19.0 Å². The first-order valence-electron chi connectivity index (χ1n) is 5.83. The molecule has 1 heterocycles. The van der Waals surface area contributed by atoms with Crippen LogP contribution in [0.3, 0.4) is 0 Å². The normalized spacial score (nSPS) is 19.5. The Kier molecular flexibility index (Phi) is 4.31. The van der Waals surface area contributed by atoms with Gasteiger partial charge in [0.15, 0.2) is 0 Å². The smallest absolute Gasteiger partial charge is 0.119 e. The maximum Gasteiger partial charge on any atom is 0.119 e. The monoisotopic (exact) mass is 253 g/mol. The SMILES string of the molecule is COc1cccc(C(SC2COC2)C(C)N)c1. The fourth-order valence-electron chi connectivity index (χ4n) is 1.82. The van der Waals surface area contributed by atoms with Gasteiger partial charge in [0, 0.05) is 11.3 Å². The second-order valence-corrected chi connectivity index (χ2v) is 5.80. The van der Waals surface area contributed by atoms with Crippen molar-refractivity contribution in [2.45, 2.75) is 23.5 Å². The molecule has 1 saturated heterocycles. The third kappa shape index (κ3) is 3.15. The van der Waals surface area contributed by atoms with Crippen LogP contribution in [-0.4, -0.2) is 31.6 Å². The van der Waals surface area contributed by atoms with Crippen molar-refractivity contribution in [1.29, 1.82) is 0 Å². The summed E-state index contributed by atoms with van der Waals surface area (Å²) in [5.74, 6) is 0.888. The van der Waals surface area contributed by atoms with Gasteiger partial charge in [-0.1, -0.05) is 12.1 Å². The van der Waals surface area contributed by atoms with Crippen LogP contribution in [0.5, 0.6) is 5.75 Å². The summed E-state index contributed by atoms with van der Waals surface area (Å²) in [4.78, 5) is 0. The lowest BCUT2D eigenvalue weighted by molar-refractivity contribution is 0.0452. The third-order valence-corrected chi connectivity index (χ3v) is 4.50. The highest BCUT2D eigenvalue weighted by atomic mass is 32.2. The molecule has 3 nitrogen and oxygen atoms in total. The number of nitrogens with two attached hydrogens (primary N) is 1. The summed E-state index contributed by atoms with van der Waals surface area (Å²) in [6, 6.07) is 8.27. The summed E-state index contributed by atoms with van der Waals surface area (Å²) in [6.07, 6.45) is 0. The summed E-state index contributed by atoms with van der Waals surface area (Å²) < 4.78 is 10.5. The number of hydrogen-bond acceptors (Lipinski definition) is 4. The summed E-state index contributed by atoms with van der Waals surface area (Å²) in [6.45, 7) is 3.74. The van der Waals surface area contributed by atoms with Gasteiger partial charge in [0.05, 0.1) is 25.6 Å². The molecule has 1 aliphatic heterocycles. The fourth-order valence-corrected chi connectivity index (χ4v) is 3.14. The van der Waals surface area contributed by atoms with Crippen LogP contribution in [0.1, 0.15) is 17.7 Å². The molecule has 0 aromatic heterocycles. The van der Waals surface area contributed by atoms with E-state index in [-0.39, 0.29) is 6.04 Å². The highest BCUT2D eigenvalue weighted by Gasteiger charge is 2.26. The quantitative estimate of drug-likeness (QED) is 0.874. The van der Waals surface area contributed by atoms with E-state index in [0.29, 0.717) is 10.5 Å². The zero-order valence-corrected chi connectivity index (χ0v) is 11.1. The van der Waals surface area contributed by atoms with Gasteiger partial charge in [-0.25, -0.2) is 0 Å². The maximum atomic E-state index is 6.08. The average molecular weight is 253 g/mol. The van der Waals surface area contributed by atoms with E-state index in [1.165, 1.54) is 5.56 Å². The molecule has 0 aliphatic carbocycles. The molecule has 0 radical (unpaired) electrons. The van der Waals surface area contributed by atoms with Gasteiger partial charge in [0.2, 0.25) is 0 Å². The number of thioether (sulfide) groups is 1. The molecular weight excluding hydrogens is 234 g/mol. The van der Waals surface area contributed by atoms with Gasteiger partial charge in [-0.05, 0) is 24.6 Å². The summed E-state index contributed by atoms with van der Waals surface area (Å²) in [5.41, 5.74) is 7.32. The van der Waals surface area contributed by atoms with Crippen molar-refractivity contribution in [2.75, 3.05) is 20.3 Å². The minimum Gasteiger partial charge on any atom is -0.497 e. The zero-order valence-electron chi connectivity index (χ0n) is 10.3. The van der Waals surface area contributed by atoms with Crippen LogP contribution < -0.4 is 10.5 Å². The molecule has 0 bridgehead atoms. The molecule has 2 rings (SSSR count). The molecular formula is C13H19NO2S. The Morgan fingerprint density at radius 2 is 2.24 bits per heavy atom. The Morgan fingerprint density at radius 3 is 2.76 bits per heavy atom. The van der Waals surface area contributed by atoms with Crippen molar-refractivity contribution in [3.05, 3.63) is 29.8 Å². The van der Waals surface area contributed by atoms with E-state index in [1.807, 2.05) is 23.9 Å². The Labute approximate surface area is 107 Å². The highest BCUT2D eigenvalue weighted by Crippen LogP contribution is 2.37. The largest absolute Gasteiger partial charge is 0.497 e. The molecule has 17 heavy (non-hydrogen) atoms. The lowest BCUT2D eigenvalue weighted by Crippen LogP contribution is -2.34. The van der Waals surface area contributed by atoms with Crippen LogP contribution >= 0.6 is 11.8 Å². The second-order valence-electron chi connectivity index (χ2n) is 4.35. The summed E-state index contributed by atoms with van der Waals surface area (Å²) in [7, 11) is 1.69. The predicted octanol–water partition coefficient (Wildman–Crippen LogP) is 2.22. The first-order chi connectivity index (χ1) is 8.20. The lowest BCUT2D eigenvalue weighted by atomic mass is 10.1. The number of benzene rings is 1. The average Bonchev–Trinajstić information content (AvgIpc) is 2.27. The Morgan fingerprint density at radius 1 is 1.47 bits per heavy atom. The first kappa shape index (κ1) is 12.7. The lowest BCUT2D eigenvalue weighted by Gasteiger charge is -2.31. The number of ether oxygens (including phenoxy) is 2. The van der Waals surface area contributed by atoms with Gasteiger partial charge < -0.3 is 15.2 Å². The minimum atomic E-state index is 0.118. The van der Waals surface area contributed by atoms with Gasteiger partial charge in [-0.2, -0.15) is 0 Å². The molecule has 94 valence electrons. The molecule has 1 aromatic carbocycles. The van der Waals surface area contributed by atoms with Crippen molar-refractivity contribution in [1.82, 2.24) is 0 Å². The first-order valence-corrected chi connectivity index (χ1v) is 6.77. The highest BCUT2D eigenvalue weighted by molar-refractivity contribution is 8.00. The van der Waals surface area contributed by atoms with Gasteiger partial charge in [-0.3, -0.25) is 0 Å². The van der Waals surface area contributed by atoms with Gasteiger partial charge in [0.1, 0.15) is 5.75 Å². The fraction of sp³-hybridized carbons (Fsp3) is 0.538. The van der Waals surface area contributed by atoms with E-state index in [2.05, 4.69) is 19.1 Å². The number of rotatable bonds is 5. The van der Waals surface area contributed by atoms with Gasteiger partial charge in [-0.15, -0.1) is 11.8 Å². The van der Waals surface area contributed by atoms with Crippen molar-refractivity contribution in [3.8, 4) is 5.75 Å². The van der Waals surface area contributed by atoms with Crippen molar-refractivity contribution in [2.24, 2.45) is 5.73 Å². The van der Waals surface area contributed by atoms with Crippen molar-refractivity contribution < 1.29 is 9.47 Å². The van der Waals surface area contributed by atoms with Crippen LogP contribution in [-0.2, 0) is 4.74 Å². The summed E-state index contributed by atoms with van der Waals surface area (Å²) >= 11 is 1.91. The van der Waals surface area contributed by atoms with E-state index in [4.69, 9.17) is 15.2 Å². The van der Waals surface area contributed by atoms with E-state index in [1.54, 1.807) is 7.11 Å². The standard InChI is InChI=1S/C13H19NO2S/c1-9(14)13(17-12-7-16-8-12)10-4-3-5-11(6-10)15-2/h3-6,9,12-13H,7-8,14H2,1-2H3. The third-order valence-electron chi connectivity index (χ3n) is 2.85. The van der Waals surface area contributed by atoms with Crippen LogP contribution in [0.15, 0.2) is 24.3 Å². The van der Waals surface area contributed by atoms with Crippen LogP contribution in [0.4, 0.5) is 0 Å². The Balaban J connectivity index is 2.12. The minimum absolute atomic E-state index is 0.118. The Bertz CT molecular complexity index is 366. The summed E-state index contributed by atoms with van der Waals surface area (Å²) in [5, 5.41) is 0.885. The van der Waals surface area contributed by atoms with Gasteiger partial charge in [0.25, 0.3) is 0 Å². The zero-order chi connectivity index (χ0) is 12.3. The molecule has 4 heteroatoms. The van der Waals surface area contributed by atoms with Crippen LogP contribution in [0.25, 0.3) is 0 Å². The maximum absolute atomic E-state index is 6.08. The van der Waals surface area contributed by atoms with E-state index >= 15 is 0 Å². The molecule has 0 saturated carbocycles. The van der Waals surface area contributed by atoms with Crippen molar-refractivity contribution in [3.63, 3.8) is 0 Å². The van der Waals surface area contributed by atoms with Crippen LogP contribution in [0.2, 0.25) is 0 Å². The molecule has 1 aliphatic rings. The van der Waals surface area contributed by atoms with E-state index < -0.39 is 0 Å². The van der Waals surface area contributed by atoms with Gasteiger partial charge >= 0.3 is 0 Å².